The van der Waals surface area contributed by atoms with Gasteiger partial charge in [0.15, 0.2) is 0 Å². The number of H-pyrrole nitrogens is 1. The Morgan fingerprint density at radius 3 is 2.75 bits per heavy atom. The molecule has 0 aliphatic rings. The van der Waals surface area contributed by atoms with E-state index in [1.165, 1.54) is 10.8 Å². The number of aromatic nitrogens is 2. The standard InChI is InChI=1S/C9H11BrN2O4/c10-6-5-12(9(16)11-8(6)15)4-2-1-3-7(13)14/h5H,1-4H2,(H,13,14)(H,11,15,16). The van der Waals surface area contributed by atoms with E-state index in [1.54, 1.807) is 0 Å². The molecule has 0 saturated carbocycles. The van der Waals surface area contributed by atoms with Gasteiger partial charge in [-0.3, -0.25) is 19.1 Å². The number of hydrogen-bond donors (Lipinski definition) is 2. The van der Waals surface area contributed by atoms with E-state index in [1.807, 2.05) is 0 Å². The molecule has 2 N–H and O–H groups in total. The third kappa shape index (κ3) is 3.65. The van der Waals surface area contributed by atoms with E-state index >= 15 is 0 Å². The van der Waals surface area contributed by atoms with E-state index in [2.05, 4.69) is 20.9 Å². The number of nitrogens with one attached hydrogen (secondary N) is 1. The van der Waals surface area contributed by atoms with E-state index in [0.29, 0.717) is 19.4 Å². The lowest BCUT2D eigenvalue weighted by Gasteiger charge is -2.04. The molecule has 1 aromatic heterocycles. The van der Waals surface area contributed by atoms with Crippen molar-refractivity contribution in [3.63, 3.8) is 0 Å². The maximum Gasteiger partial charge on any atom is 0.328 e. The van der Waals surface area contributed by atoms with Crippen molar-refractivity contribution in [1.82, 2.24) is 9.55 Å². The second-order valence-electron chi connectivity index (χ2n) is 3.28. The van der Waals surface area contributed by atoms with Crippen LogP contribution < -0.4 is 11.2 Å². The molecule has 7 heteroatoms. The van der Waals surface area contributed by atoms with Crippen LogP contribution in [0.2, 0.25) is 0 Å². The van der Waals surface area contributed by atoms with Crippen molar-refractivity contribution in [1.29, 1.82) is 0 Å². The van der Waals surface area contributed by atoms with Gasteiger partial charge in [-0.1, -0.05) is 0 Å². The minimum absolute atomic E-state index is 0.0826. The van der Waals surface area contributed by atoms with Crippen LogP contribution in [0.15, 0.2) is 20.3 Å². The maximum absolute atomic E-state index is 11.3. The molecule has 0 fully saturated rings. The molecule has 88 valence electrons. The van der Waals surface area contributed by atoms with Crippen molar-refractivity contribution in [2.24, 2.45) is 0 Å². The van der Waals surface area contributed by atoms with Crippen LogP contribution in [0.5, 0.6) is 0 Å². The monoisotopic (exact) mass is 290 g/mol. The van der Waals surface area contributed by atoms with Gasteiger partial charge in [0.25, 0.3) is 5.56 Å². The topological polar surface area (TPSA) is 92.2 Å². The van der Waals surface area contributed by atoms with Gasteiger partial charge in [0.2, 0.25) is 0 Å². The lowest BCUT2D eigenvalue weighted by molar-refractivity contribution is -0.137. The van der Waals surface area contributed by atoms with Crippen LogP contribution in [0.4, 0.5) is 0 Å². The van der Waals surface area contributed by atoms with Crippen LogP contribution >= 0.6 is 15.9 Å². The summed E-state index contributed by atoms with van der Waals surface area (Å²) in [7, 11) is 0. The van der Waals surface area contributed by atoms with Crippen molar-refractivity contribution in [3.05, 3.63) is 31.5 Å². The molecule has 16 heavy (non-hydrogen) atoms. The summed E-state index contributed by atoms with van der Waals surface area (Å²) in [4.78, 5) is 34.7. The fourth-order valence-electron chi connectivity index (χ4n) is 1.21. The first-order valence-corrected chi connectivity index (χ1v) is 5.51. The Kier molecular flexibility index (Phi) is 4.48. The molecule has 0 aliphatic carbocycles. The highest BCUT2D eigenvalue weighted by Gasteiger charge is 2.02. The second-order valence-corrected chi connectivity index (χ2v) is 4.13. The summed E-state index contributed by atoms with van der Waals surface area (Å²) in [6.07, 6.45) is 2.56. The summed E-state index contributed by atoms with van der Waals surface area (Å²) < 4.78 is 1.62. The second kappa shape index (κ2) is 5.64. The highest BCUT2D eigenvalue weighted by atomic mass is 79.9. The van der Waals surface area contributed by atoms with Crippen LogP contribution in [-0.4, -0.2) is 20.6 Å². The molecule has 0 atom stereocenters. The van der Waals surface area contributed by atoms with Crippen molar-refractivity contribution in [3.8, 4) is 0 Å². The van der Waals surface area contributed by atoms with Gasteiger partial charge >= 0.3 is 11.7 Å². The number of aryl methyl sites for hydroxylation is 1. The van der Waals surface area contributed by atoms with Crippen molar-refractivity contribution < 1.29 is 9.90 Å². The smallest absolute Gasteiger partial charge is 0.328 e. The van der Waals surface area contributed by atoms with Crippen LogP contribution in [0.25, 0.3) is 0 Å². The zero-order valence-electron chi connectivity index (χ0n) is 8.40. The molecular weight excluding hydrogens is 280 g/mol. The van der Waals surface area contributed by atoms with Crippen LogP contribution in [-0.2, 0) is 11.3 Å². The summed E-state index contributed by atoms with van der Waals surface area (Å²) >= 11 is 3.01. The van der Waals surface area contributed by atoms with Gasteiger partial charge in [0.05, 0.1) is 4.47 Å². The number of carboxylic acid groups (broad SMARTS) is 1. The number of hydrogen-bond acceptors (Lipinski definition) is 3. The summed E-state index contributed by atoms with van der Waals surface area (Å²) in [5.41, 5.74) is -0.949. The van der Waals surface area contributed by atoms with E-state index in [0.717, 1.165) is 0 Å². The van der Waals surface area contributed by atoms with Gasteiger partial charge in [-0.25, -0.2) is 4.79 Å². The van der Waals surface area contributed by atoms with E-state index < -0.39 is 17.2 Å². The molecule has 0 aliphatic heterocycles. The third-order valence-corrected chi connectivity index (χ3v) is 2.57. The number of halogens is 1. The lowest BCUT2D eigenvalue weighted by Crippen LogP contribution is -2.29. The number of carboxylic acids is 1. The minimum atomic E-state index is -0.852. The first-order valence-electron chi connectivity index (χ1n) is 4.72. The zero-order valence-corrected chi connectivity index (χ0v) is 9.99. The van der Waals surface area contributed by atoms with Crippen LogP contribution in [0.1, 0.15) is 19.3 Å². The first kappa shape index (κ1) is 12.7. The third-order valence-electron chi connectivity index (χ3n) is 2.01. The van der Waals surface area contributed by atoms with Crippen LogP contribution in [0, 0.1) is 0 Å². The predicted octanol–water partition coefficient (Wildman–Crippen LogP) is 0.554. The molecule has 0 amide bonds. The van der Waals surface area contributed by atoms with Crippen molar-refractivity contribution in [2.75, 3.05) is 0 Å². The Labute approximate surface area is 99.1 Å². The Balaban J connectivity index is 2.61. The molecule has 1 rings (SSSR count). The first-order chi connectivity index (χ1) is 7.50. The number of rotatable bonds is 5. The Hall–Kier alpha value is -1.37. The summed E-state index contributed by atoms with van der Waals surface area (Å²) in [5.74, 6) is -0.852. The normalized spacial score (nSPS) is 10.3. The summed E-state index contributed by atoms with van der Waals surface area (Å²) in [5, 5.41) is 8.42. The SMILES string of the molecule is O=C(O)CCCCn1cc(Br)c(=O)[nH]c1=O. The molecule has 0 radical (unpaired) electrons. The maximum atomic E-state index is 11.3. The van der Waals surface area contributed by atoms with Gasteiger partial charge in [-0.15, -0.1) is 0 Å². The highest BCUT2D eigenvalue weighted by Crippen LogP contribution is 2.01. The van der Waals surface area contributed by atoms with Crippen molar-refractivity contribution >= 4 is 21.9 Å². The quantitative estimate of drug-likeness (QED) is 0.775. The zero-order chi connectivity index (χ0) is 12.1. The molecule has 0 bridgehead atoms. The van der Waals surface area contributed by atoms with Gasteiger partial charge < -0.3 is 5.11 Å². The average Bonchev–Trinajstić information content (AvgIpc) is 2.19. The summed E-state index contributed by atoms with van der Waals surface area (Å²) in [6, 6.07) is 0. The van der Waals surface area contributed by atoms with E-state index in [4.69, 9.17) is 5.11 Å². The minimum Gasteiger partial charge on any atom is -0.481 e. The van der Waals surface area contributed by atoms with Gasteiger partial charge in [0, 0.05) is 19.2 Å². The Bertz CT molecular complexity index is 491. The molecule has 1 aromatic rings. The van der Waals surface area contributed by atoms with Gasteiger partial charge in [0.1, 0.15) is 0 Å². The molecular formula is C9H11BrN2O4. The molecule has 0 unspecified atom stereocenters. The molecule has 0 spiro atoms. The van der Waals surface area contributed by atoms with Crippen molar-refractivity contribution in [2.45, 2.75) is 25.8 Å². The highest BCUT2D eigenvalue weighted by molar-refractivity contribution is 9.10. The lowest BCUT2D eigenvalue weighted by atomic mass is 10.2. The fourth-order valence-corrected chi connectivity index (χ4v) is 1.55. The van der Waals surface area contributed by atoms with Gasteiger partial charge in [-0.05, 0) is 28.8 Å². The molecule has 6 nitrogen and oxygen atoms in total. The fraction of sp³-hybridized carbons (Fsp3) is 0.444. The number of unbranched alkanes of at least 4 members (excludes halogenated alkanes) is 1. The number of nitrogens with zero attached hydrogens (tertiary/aromatic N) is 1. The van der Waals surface area contributed by atoms with E-state index in [9.17, 15) is 14.4 Å². The average molecular weight is 291 g/mol. The number of aliphatic carboxylic acids is 1. The molecule has 1 heterocycles. The molecule has 0 aromatic carbocycles. The Morgan fingerprint density at radius 2 is 2.12 bits per heavy atom. The Morgan fingerprint density at radius 1 is 1.44 bits per heavy atom. The summed E-state index contributed by atoms with van der Waals surface area (Å²) in [6.45, 7) is 0.390. The number of aromatic amines is 1. The van der Waals surface area contributed by atoms with Gasteiger partial charge in [-0.2, -0.15) is 0 Å². The molecule has 0 saturated heterocycles. The number of carbonyl (C=O) groups is 1. The van der Waals surface area contributed by atoms with E-state index in [-0.39, 0.29) is 10.9 Å². The predicted molar refractivity (Wildman–Crippen MR) is 60.5 cm³/mol. The van der Waals surface area contributed by atoms with Crippen LogP contribution in [0.3, 0.4) is 0 Å². The largest absolute Gasteiger partial charge is 0.481 e.